The van der Waals surface area contributed by atoms with E-state index < -0.39 is 12.0 Å². The Hall–Kier alpha value is -1.55. The maximum Gasteiger partial charge on any atom is 0.323 e. The highest BCUT2D eigenvalue weighted by atomic mass is 16.6. The number of hydrogen-bond donors (Lipinski definition) is 1. The van der Waals surface area contributed by atoms with E-state index >= 15 is 0 Å². The van der Waals surface area contributed by atoms with Gasteiger partial charge in [0.2, 0.25) is 0 Å². The van der Waals surface area contributed by atoms with E-state index in [1.165, 1.54) is 0 Å². The SMILES string of the molecule is CC(C)[C@H](Oc1ccccc1)[C@H](C)OC(=O)[C@H](C)N. The summed E-state index contributed by atoms with van der Waals surface area (Å²) in [5.74, 6) is 0.579. The van der Waals surface area contributed by atoms with Crippen molar-refractivity contribution in [3.05, 3.63) is 30.3 Å². The zero-order valence-electron chi connectivity index (χ0n) is 12.0. The molecule has 0 fully saturated rings. The second kappa shape index (κ2) is 7.14. The fraction of sp³-hybridized carbons (Fsp3) is 0.533. The molecule has 0 aliphatic rings. The predicted octanol–water partition coefficient (Wildman–Crippen LogP) is 2.37. The van der Waals surface area contributed by atoms with Crippen LogP contribution in [0.15, 0.2) is 30.3 Å². The molecular weight excluding hydrogens is 242 g/mol. The van der Waals surface area contributed by atoms with E-state index in [1.807, 2.05) is 51.1 Å². The number of carbonyl (C=O) groups excluding carboxylic acids is 1. The van der Waals surface area contributed by atoms with Crippen LogP contribution >= 0.6 is 0 Å². The predicted molar refractivity (Wildman–Crippen MR) is 74.9 cm³/mol. The van der Waals surface area contributed by atoms with Gasteiger partial charge in [0.25, 0.3) is 0 Å². The molecule has 4 nitrogen and oxygen atoms in total. The van der Waals surface area contributed by atoms with Crippen LogP contribution in [0.5, 0.6) is 5.75 Å². The Morgan fingerprint density at radius 2 is 1.68 bits per heavy atom. The van der Waals surface area contributed by atoms with Crippen LogP contribution < -0.4 is 10.5 Å². The molecule has 2 N–H and O–H groups in total. The van der Waals surface area contributed by atoms with Gasteiger partial charge < -0.3 is 15.2 Å². The molecule has 1 aromatic rings. The number of ether oxygens (including phenoxy) is 2. The third-order valence-corrected chi connectivity index (χ3v) is 2.81. The van der Waals surface area contributed by atoms with Crippen LogP contribution in [-0.4, -0.2) is 24.2 Å². The Kier molecular flexibility index (Phi) is 5.83. The Morgan fingerprint density at radius 3 is 2.16 bits per heavy atom. The highest BCUT2D eigenvalue weighted by molar-refractivity contribution is 5.75. The summed E-state index contributed by atoms with van der Waals surface area (Å²) in [6.45, 7) is 7.50. The minimum absolute atomic E-state index is 0.204. The van der Waals surface area contributed by atoms with Crippen LogP contribution in [0.25, 0.3) is 0 Å². The topological polar surface area (TPSA) is 61.5 Å². The molecule has 0 heterocycles. The Balaban J connectivity index is 2.69. The van der Waals surface area contributed by atoms with Crippen LogP contribution in [0.2, 0.25) is 0 Å². The van der Waals surface area contributed by atoms with E-state index in [0.29, 0.717) is 0 Å². The number of hydrogen-bond acceptors (Lipinski definition) is 4. The molecule has 0 radical (unpaired) electrons. The lowest BCUT2D eigenvalue weighted by atomic mass is 10.0. The standard InChI is InChI=1S/C15H23NO3/c1-10(2)14(12(4)18-15(17)11(3)16)19-13-8-6-5-7-9-13/h5-12,14H,16H2,1-4H3/t11-,12-,14-/m0/s1. The average Bonchev–Trinajstić information content (AvgIpc) is 2.36. The zero-order valence-corrected chi connectivity index (χ0v) is 12.0. The monoisotopic (exact) mass is 265 g/mol. The Labute approximate surface area is 114 Å². The third kappa shape index (κ3) is 4.91. The van der Waals surface area contributed by atoms with Crippen molar-refractivity contribution < 1.29 is 14.3 Å². The first-order valence-electron chi connectivity index (χ1n) is 6.59. The van der Waals surface area contributed by atoms with Crippen molar-refractivity contribution in [1.29, 1.82) is 0 Å². The molecule has 0 aliphatic heterocycles. The fourth-order valence-electron chi connectivity index (χ4n) is 1.79. The van der Waals surface area contributed by atoms with Crippen molar-refractivity contribution in [2.45, 2.75) is 45.9 Å². The molecule has 0 spiro atoms. The maximum absolute atomic E-state index is 11.5. The molecular formula is C15H23NO3. The van der Waals surface area contributed by atoms with Gasteiger partial charge in [-0.1, -0.05) is 32.0 Å². The van der Waals surface area contributed by atoms with Crippen LogP contribution in [0, 0.1) is 5.92 Å². The molecule has 1 rings (SSSR count). The number of nitrogens with two attached hydrogens (primary N) is 1. The smallest absolute Gasteiger partial charge is 0.323 e. The second-order valence-corrected chi connectivity index (χ2v) is 5.07. The molecule has 0 aliphatic carbocycles. The molecule has 19 heavy (non-hydrogen) atoms. The quantitative estimate of drug-likeness (QED) is 0.802. The summed E-state index contributed by atoms with van der Waals surface area (Å²) in [5.41, 5.74) is 5.50. The van der Waals surface area contributed by atoms with E-state index in [4.69, 9.17) is 15.2 Å². The first-order valence-corrected chi connectivity index (χ1v) is 6.59. The number of esters is 1. The lowest BCUT2D eigenvalue weighted by molar-refractivity contribution is -0.155. The van der Waals surface area contributed by atoms with Crippen molar-refractivity contribution in [3.8, 4) is 5.75 Å². The normalized spacial score (nSPS) is 15.7. The largest absolute Gasteiger partial charge is 0.486 e. The molecule has 3 atom stereocenters. The number of benzene rings is 1. The Bertz CT molecular complexity index is 390. The van der Waals surface area contributed by atoms with Gasteiger partial charge in [-0.3, -0.25) is 4.79 Å². The number of rotatable bonds is 6. The van der Waals surface area contributed by atoms with E-state index in [2.05, 4.69) is 0 Å². The lowest BCUT2D eigenvalue weighted by Gasteiger charge is -2.28. The van der Waals surface area contributed by atoms with Crippen LogP contribution in [0.1, 0.15) is 27.7 Å². The van der Waals surface area contributed by atoms with E-state index in [1.54, 1.807) is 6.92 Å². The van der Waals surface area contributed by atoms with E-state index in [-0.39, 0.29) is 18.1 Å². The highest BCUT2D eigenvalue weighted by Gasteiger charge is 2.27. The lowest BCUT2D eigenvalue weighted by Crippen LogP contribution is -2.41. The molecule has 106 valence electrons. The van der Waals surface area contributed by atoms with Crippen LogP contribution in [0.4, 0.5) is 0 Å². The van der Waals surface area contributed by atoms with Crippen molar-refractivity contribution in [2.24, 2.45) is 11.7 Å². The second-order valence-electron chi connectivity index (χ2n) is 5.07. The summed E-state index contributed by atoms with van der Waals surface area (Å²) in [5, 5.41) is 0. The van der Waals surface area contributed by atoms with Gasteiger partial charge >= 0.3 is 5.97 Å². The zero-order chi connectivity index (χ0) is 14.4. The van der Waals surface area contributed by atoms with Gasteiger partial charge in [0.15, 0.2) is 0 Å². The molecule has 0 bridgehead atoms. The van der Waals surface area contributed by atoms with Gasteiger partial charge in [0, 0.05) is 0 Å². The minimum Gasteiger partial charge on any atom is -0.486 e. The maximum atomic E-state index is 11.5. The molecule has 0 aromatic heterocycles. The molecule has 0 unspecified atom stereocenters. The fourth-order valence-corrected chi connectivity index (χ4v) is 1.79. The molecule has 0 amide bonds. The van der Waals surface area contributed by atoms with Gasteiger partial charge in [-0.25, -0.2) is 0 Å². The summed E-state index contributed by atoms with van der Waals surface area (Å²) in [7, 11) is 0. The molecule has 4 heteroatoms. The van der Waals surface area contributed by atoms with E-state index in [0.717, 1.165) is 5.75 Å². The van der Waals surface area contributed by atoms with Crippen molar-refractivity contribution >= 4 is 5.97 Å². The van der Waals surface area contributed by atoms with Gasteiger partial charge in [0.05, 0.1) is 0 Å². The molecule has 0 saturated heterocycles. The van der Waals surface area contributed by atoms with E-state index in [9.17, 15) is 4.79 Å². The van der Waals surface area contributed by atoms with Crippen molar-refractivity contribution in [1.82, 2.24) is 0 Å². The van der Waals surface area contributed by atoms with Gasteiger partial charge in [-0.15, -0.1) is 0 Å². The average molecular weight is 265 g/mol. The number of para-hydroxylation sites is 1. The first-order chi connectivity index (χ1) is 8.91. The first kappa shape index (κ1) is 15.5. The van der Waals surface area contributed by atoms with Crippen LogP contribution in [0.3, 0.4) is 0 Å². The summed E-state index contributed by atoms with van der Waals surface area (Å²) >= 11 is 0. The summed E-state index contributed by atoms with van der Waals surface area (Å²) < 4.78 is 11.2. The summed E-state index contributed by atoms with van der Waals surface area (Å²) in [6.07, 6.45) is -0.552. The van der Waals surface area contributed by atoms with Crippen molar-refractivity contribution in [3.63, 3.8) is 0 Å². The van der Waals surface area contributed by atoms with Gasteiger partial charge in [0.1, 0.15) is 24.0 Å². The molecule has 1 aromatic carbocycles. The summed E-state index contributed by atoms with van der Waals surface area (Å²) in [6, 6.07) is 8.89. The minimum atomic E-state index is -0.619. The summed E-state index contributed by atoms with van der Waals surface area (Å²) in [4.78, 5) is 11.5. The van der Waals surface area contributed by atoms with Crippen molar-refractivity contribution in [2.75, 3.05) is 0 Å². The third-order valence-electron chi connectivity index (χ3n) is 2.81. The van der Waals surface area contributed by atoms with Crippen LogP contribution in [-0.2, 0) is 9.53 Å². The molecule has 0 saturated carbocycles. The van der Waals surface area contributed by atoms with Gasteiger partial charge in [-0.05, 0) is 31.9 Å². The number of carbonyl (C=O) groups is 1. The van der Waals surface area contributed by atoms with Gasteiger partial charge in [-0.2, -0.15) is 0 Å². The Morgan fingerprint density at radius 1 is 1.11 bits per heavy atom. The highest BCUT2D eigenvalue weighted by Crippen LogP contribution is 2.19.